The van der Waals surface area contributed by atoms with Gasteiger partial charge < -0.3 is 9.80 Å². The zero-order valence-electron chi connectivity index (χ0n) is 63.8. The number of anilines is 6. The second-order valence-electron chi connectivity index (χ2n) is 33.3. The molecule has 0 aromatic heterocycles. The third kappa shape index (κ3) is 8.87. The second-order valence-corrected chi connectivity index (χ2v) is 33.3. The maximum absolute atomic E-state index is 2.60. The van der Waals surface area contributed by atoms with E-state index in [1.807, 2.05) is 0 Å². The van der Waals surface area contributed by atoms with E-state index in [0.29, 0.717) is 0 Å². The molecular formula is C110H82N2. The zero-order chi connectivity index (χ0) is 74.5. The van der Waals surface area contributed by atoms with Crippen LogP contribution in [0, 0.1) is 20.8 Å². The monoisotopic (exact) mass is 1430 g/mol. The summed E-state index contributed by atoms with van der Waals surface area (Å²) in [5.74, 6) is 0. The molecule has 0 aliphatic heterocycles. The fourth-order valence-electron chi connectivity index (χ4n) is 22.6. The van der Waals surface area contributed by atoms with Crippen molar-refractivity contribution >= 4 is 34.1 Å². The first-order valence-electron chi connectivity index (χ1n) is 40.4. The number of hydrogen-bond donors (Lipinski definition) is 0. The maximum atomic E-state index is 2.60. The van der Waals surface area contributed by atoms with Crippen LogP contribution in [0.2, 0.25) is 0 Å². The third-order valence-electron chi connectivity index (χ3n) is 27.5. The lowest BCUT2D eigenvalue weighted by atomic mass is 9.68. The van der Waals surface area contributed by atoms with Gasteiger partial charge in [0, 0.05) is 45.0 Å². The highest BCUT2D eigenvalue weighted by Crippen LogP contribution is 2.67. The van der Waals surface area contributed by atoms with Crippen LogP contribution in [-0.4, -0.2) is 0 Å². The predicted octanol–water partition coefficient (Wildman–Crippen LogP) is 28.8. The molecular weight excluding hydrogens is 1350 g/mol. The summed E-state index contributed by atoms with van der Waals surface area (Å²) in [7, 11) is 0. The van der Waals surface area contributed by atoms with Crippen molar-refractivity contribution in [1.82, 2.24) is 0 Å². The van der Waals surface area contributed by atoms with Gasteiger partial charge in [-0.3, -0.25) is 0 Å². The summed E-state index contributed by atoms with van der Waals surface area (Å²) in [5.41, 5.74) is 49.1. The molecule has 0 radical (unpaired) electrons. The molecule has 0 atom stereocenters. The van der Waals surface area contributed by atoms with Crippen LogP contribution in [0.25, 0.3) is 100 Å². The van der Waals surface area contributed by atoms with Gasteiger partial charge in [-0.05, 0) is 302 Å². The van der Waals surface area contributed by atoms with Crippen molar-refractivity contribution in [1.29, 1.82) is 0 Å². The molecule has 2 nitrogen and oxygen atoms in total. The normalized spacial score (nSPS) is 15.3. The number of hydrogen-bond acceptors (Lipinski definition) is 2. The van der Waals surface area contributed by atoms with E-state index in [1.54, 1.807) is 0 Å². The molecule has 0 unspecified atom stereocenters. The SMILES string of the molecule is Cc1cc(N(c2ccc3c(c2)C2(CCCCC2)c2ccccc2-3)c2ccc3c(c2)C2(c4ccccc4-c4ccccc42)c2ccccc2-3)ccc1-c1cc(-c2cccc(-c3ccc(N(c4ccc5c(c4)C(C)(C)c4ccccc4-5)c4ccc5c(c4)C4(c6ccccc6-c6ccccc64)c4ccccc4-5)c(C)c3)c2)ccc1C. The maximum Gasteiger partial charge on any atom is 0.0726 e. The third-order valence-corrected chi connectivity index (χ3v) is 27.5. The zero-order valence-corrected chi connectivity index (χ0v) is 63.8. The molecule has 23 rings (SSSR count). The van der Waals surface area contributed by atoms with Crippen LogP contribution in [0.3, 0.4) is 0 Å². The van der Waals surface area contributed by atoms with E-state index >= 15 is 0 Å². The molecule has 7 aliphatic rings. The first-order valence-corrected chi connectivity index (χ1v) is 40.4. The number of fused-ring (bicyclic) bond motifs is 28. The van der Waals surface area contributed by atoms with E-state index in [2.05, 4.69) is 390 Å². The Morgan fingerprint density at radius 3 is 1.01 bits per heavy atom. The number of benzene rings is 16. The molecule has 0 N–H and O–H groups in total. The predicted molar refractivity (Wildman–Crippen MR) is 466 cm³/mol. The molecule has 16 aromatic rings. The molecule has 2 heteroatoms. The van der Waals surface area contributed by atoms with Gasteiger partial charge in [-0.15, -0.1) is 0 Å². The van der Waals surface area contributed by atoms with Crippen molar-refractivity contribution in [3.63, 3.8) is 0 Å². The lowest BCUT2D eigenvalue weighted by Gasteiger charge is -2.37. The number of rotatable bonds is 9. The minimum Gasteiger partial charge on any atom is -0.310 e. The van der Waals surface area contributed by atoms with Gasteiger partial charge in [0.2, 0.25) is 0 Å². The molecule has 532 valence electrons. The van der Waals surface area contributed by atoms with Gasteiger partial charge in [0.1, 0.15) is 0 Å². The van der Waals surface area contributed by atoms with Gasteiger partial charge in [0.25, 0.3) is 0 Å². The molecule has 3 spiro atoms. The Kier molecular flexibility index (Phi) is 14.0. The van der Waals surface area contributed by atoms with Gasteiger partial charge in [-0.25, -0.2) is 0 Å². The topological polar surface area (TPSA) is 6.48 Å². The van der Waals surface area contributed by atoms with Crippen LogP contribution >= 0.6 is 0 Å². The highest BCUT2D eigenvalue weighted by Gasteiger charge is 2.54. The van der Waals surface area contributed by atoms with Crippen LogP contribution < -0.4 is 9.80 Å². The standard InChI is InChI=1S/C110H82N2/c1-68-44-45-74(63-93(68)80-52-47-75(61-69(80)2)111(76-48-54-90-82-29-8-16-37-95(82)108(103(90)65-76)58-23-6-24-59-108)77-49-55-91-87-34-13-21-42-100(87)109(104(91)66-77)96-38-17-9-30-83(96)84-31-10-18-39-97(84)109)72-27-25-26-71(62-72)73-46-57-106(70(3)60-73)112(78-50-53-89-81-28-7-15-36-94(81)107(4,5)102(89)64-78)79-51-56-92-88-35-14-22-43-101(88)110(105(92)67-79)98-40-19-11-32-85(98)86-33-12-20-41-99(86)110/h7-22,25-57,60-67H,6,23-24,58-59H2,1-5H3. The summed E-state index contributed by atoms with van der Waals surface area (Å²) in [6.45, 7) is 11.7. The summed E-state index contributed by atoms with van der Waals surface area (Å²) in [6.07, 6.45) is 6.13. The highest BCUT2D eigenvalue weighted by molar-refractivity contribution is 6.00. The highest BCUT2D eigenvalue weighted by atomic mass is 15.2. The fraction of sp³-hybridized carbons (Fsp3) is 0.127. The summed E-state index contributed by atoms with van der Waals surface area (Å²) >= 11 is 0. The Morgan fingerprint density at radius 2 is 0.545 bits per heavy atom. The first kappa shape index (κ1) is 65.0. The summed E-state index contributed by atoms with van der Waals surface area (Å²) in [6, 6.07) is 133. The summed E-state index contributed by atoms with van der Waals surface area (Å²) < 4.78 is 0. The Bertz CT molecular complexity index is 6600. The molecule has 0 saturated heterocycles. The van der Waals surface area contributed by atoms with Crippen LogP contribution in [-0.2, 0) is 21.7 Å². The van der Waals surface area contributed by atoms with E-state index in [0.717, 1.165) is 28.4 Å². The molecule has 112 heavy (non-hydrogen) atoms. The molecule has 0 amide bonds. The lowest BCUT2D eigenvalue weighted by molar-refractivity contribution is 0.353. The van der Waals surface area contributed by atoms with Crippen molar-refractivity contribution in [2.75, 3.05) is 9.80 Å². The van der Waals surface area contributed by atoms with Crippen LogP contribution in [0.4, 0.5) is 34.1 Å². The molecule has 1 saturated carbocycles. The van der Waals surface area contributed by atoms with Crippen LogP contribution in [0.15, 0.2) is 346 Å². The quantitative estimate of drug-likeness (QED) is 0.142. The second kappa shape index (κ2) is 24.1. The van der Waals surface area contributed by atoms with Crippen molar-refractivity contribution in [2.24, 2.45) is 0 Å². The van der Waals surface area contributed by atoms with Gasteiger partial charge >= 0.3 is 0 Å². The Labute approximate surface area is 657 Å². The molecule has 0 bridgehead atoms. The Balaban J connectivity index is 0.624. The average molecular weight is 1430 g/mol. The van der Waals surface area contributed by atoms with E-state index in [1.165, 1.54) is 221 Å². The van der Waals surface area contributed by atoms with Gasteiger partial charge in [0.05, 0.1) is 10.8 Å². The van der Waals surface area contributed by atoms with E-state index in [-0.39, 0.29) is 10.8 Å². The molecule has 16 aromatic carbocycles. The first-order chi connectivity index (χ1) is 55.0. The van der Waals surface area contributed by atoms with E-state index in [4.69, 9.17) is 0 Å². The van der Waals surface area contributed by atoms with Crippen molar-refractivity contribution in [3.8, 4) is 100 Å². The Morgan fingerprint density at radius 1 is 0.205 bits per heavy atom. The van der Waals surface area contributed by atoms with Gasteiger partial charge in [0.15, 0.2) is 0 Å². The van der Waals surface area contributed by atoms with E-state index < -0.39 is 10.8 Å². The molecule has 7 aliphatic carbocycles. The smallest absolute Gasteiger partial charge is 0.0726 e. The van der Waals surface area contributed by atoms with Crippen LogP contribution in [0.1, 0.15) is 129 Å². The minimum absolute atomic E-state index is 0.00299. The van der Waals surface area contributed by atoms with Crippen molar-refractivity contribution in [2.45, 2.75) is 88.4 Å². The van der Waals surface area contributed by atoms with Crippen LogP contribution in [0.5, 0.6) is 0 Å². The van der Waals surface area contributed by atoms with E-state index in [9.17, 15) is 0 Å². The van der Waals surface area contributed by atoms with Gasteiger partial charge in [-0.2, -0.15) is 0 Å². The summed E-state index contributed by atoms with van der Waals surface area (Å²) in [5, 5.41) is 0. The minimum atomic E-state index is -0.479. The summed E-state index contributed by atoms with van der Waals surface area (Å²) in [4.78, 5) is 5.13. The van der Waals surface area contributed by atoms with Gasteiger partial charge in [-0.1, -0.05) is 294 Å². The number of aryl methyl sites for hydroxylation is 3. The lowest BCUT2D eigenvalue weighted by Crippen LogP contribution is -2.28. The Hall–Kier alpha value is -12.9. The number of nitrogens with zero attached hydrogens (tertiary/aromatic N) is 2. The average Bonchev–Trinajstić information content (AvgIpc) is 1.51. The van der Waals surface area contributed by atoms with Crippen molar-refractivity contribution in [3.05, 3.63) is 429 Å². The fourth-order valence-corrected chi connectivity index (χ4v) is 22.6. The molecule has 0 heterocycles. The largest absolute Gasteiger partial charge is 0.310 e. The van der Waals surface area contributed by atoms with Crippen molar-refractivity contribution < 1.29 is 0 Å². The molecule has 1 fully saturated rings.